The summed E-state index contributed by atoms with van der Waals surface area (Å²) in [6.07, 6.45) is -0.181. The lowest BCUT2D eigenvalue weighted by atomic mass is 9.94. The minimum atomic E-state index is -1.01. The second-order valence-corrected chi connectivity index (χ2v) is 5.16. The Morgan fingerprint density at radius 3 is 2.65 bits per heavy atom. The molecule has 1 aromatic carbocycles. The van der Waals surface area contributed by atoms with Gasteiger partial charge in [-0.1, -0.05) is 23.7 Å². The van der Waals surface area contributed by atoms with Gasteiger partial charge in [-0.15, -0.1) is 0 Å². The molecule has 0 heterocycles. The lowest BCUT2D eigenvalue weighted by Crippen LogP contribution is -2.47. The molecule has 0 bridgehead atoms. The van der Waals surface area contributed by atoms with Gasteiger partial charge < -0.3 is 15.7 Å². The van der Waals surface area contributed by atoms with Gasteiger partial charge in [-0.05, 0) is 19.9 Å². The number of carboxylic acids is 1. The van der Waals surface area contributed by atoms with Gasteiger partial charge in [0.25, 0.3) is 0 Å². The van der Waals surface area contributed by atoms with Crippen LogP contribution in [0.4, 0.5) is 9.18 Å². The third kappa shape index (κ3) is 4.38. The topological polar surface area (TPSA) is 78.4 Å². The van der Waals surface area contributed by atoms with Crippen LogP contribution in [0.25, 0.3) is 0 Å². The van der Waals surface area contributed by atoms with E-state index in [9.17, 15) is 14.0 Å². The predicted octanol–water partition coefficient (Wildman–Crippen LogP) is 2.49. The van der Waals surface area contributed by atoms with Gasteiger partial charge >= 0.3 is 12.0 Å². The molecule has 1 rings (SSSR count). The second kappa shape index (κ2) is 6.56. The van der Waals surface area contributed by atoms with Crippen LogP contribution in [-0.4, -0.2) is 23.7 Å². The van der Waals surface area contributed by atoms with Crippen LogP contribution in [-0.2, 0) is 10.3 Å². The normalized spacial score (nSPS) is 11.0. The first kappa shape index (κ1) is 16.2. The molecule has 0 aliphatic rings. The summed E-state index contributed by atoms with van der Waals surface area (Å²) in [6, 6.07) is 3.96. The molecule has 0 saturated carbocycles. The van der Waals surface area contributed by atoms with Crippen LogP contribution in [0.15, 0.2) is 18.2 Å². The molecule has 20 heavy (non-hydrogen) atoms. The largest absolute Gasteiger partial charge is 0.481 e. The monoisotopic (exact) mass is 302 g/mol. The highest BCUT2D eigenvalue weighted by molar-refractivity contribution is 6.30. The first-order valence-corrected chi connectivity index (χ1v) is 6.34. The molecule has 0 saturated heterocycles. The van der Waals surface area contributed by atoms with Crippen molar-refractivity contribution in [2.45, 2.75) is 25.8 Å². The van der Waals surface area contributed by atoms with E-state index < -0.39 is 23.4 Å². The molecule has 0 atom stereocenters. The molecule has 5 nitrogen and oxygen atoms in total. The molecular weight excluding hydrogens is 287 g/mol. The van der Waals surface area contributed by atoms with Gasteiger partial charge in [0, 0.05) is 12.1 Å². The summed E-state index contributed by atoms with van der Waals surface area (Å²) in [5.41, 5.74) is -0.735. The molecular formula is C13H16ClFN2O3. The van der Waals surface area contributed by atoms with Gasteiger partial charge in [-0.3, -0.25) is 4.79 Å². The van der Waals surface area contributed by atoms with Crippen molar-refractivity contribution in [3.63, 3.8) is 0 Å². The van der Waals surface area contributed by atoms with Crippen molar-refractivity contribution in [3.05, 3.63) is 34.6 Å². The maximum Gasteiger partial charge on any atom is 0.315 e. The molecule has 0 aliphatic heterocycles. The van der Waals surface area contributed by atoms with E-state index in [1.807, 2.05) is 0 Å². The molecule has 3 N–H and O–H groups in total. The Morgan fingerprint density at radius 2 is 2.05 bits per heavy atom. The first-order chi connectivity index (χ1) is 9.24. The Hall–Kier alpha value is -1.82. The van der Waals surface area contributed by atoms with E-state index in [2.05, 4.69) is 10.6 Å². The molecule has 0 unspecified atom stereocenters. The number of aliphatic carboxylic acids is 1. The van der Waals surface area contributed by atoms with Crippen molar-refractivity contribution in [1.82, 2.24) is 10.6 Å². The molecule has 0 aromatic heterocycles. The number of carboxylic acid groups (broad SMARTS) is 1. The maximum atomic E-state index is 13.9. The number of benzene rings is 1. The van der Waals surface area contributed by atoms with Gasteiger partial charge in [0.1, 0.15) is 5.82 Å². The molecule has 7 heteroatoms. The number of nitrogens with one attached hydrogen (secondary N) is 2. The smallest absolute Gasteiger partial charge is 0.315 e. The zero-order valence-electron chi connectivity index (χ0n) is 11.2. The van der Waals surface area contributed by atoms with Gasteiger partial charge in [0.15, 0.2) is 0 Å². The van der Waals surface area contributed by atoms with Crippen LogP contribution in [0.1, 0.15) is 25.8 Å². The highest BCUT2D eigenvalue weighted by Crippen LogP contribution is 2.27. The quantitative estimate of drug-likeness (QED) is 0.782. The number of carbonyl (C=O) groups is 2. The molecule has 0 aliphatic carbocycles. The van der Waals surface area contributed by atoms with E-state index in [1.165, 1.54) is 12.1 Å². The Balaban J connectivity index is 2.71. The van der Waals surface area contributed by atoms with E-state index >= 15 is 0 Å². The molecule has 0 fully saturated rings. The molecule has 0 spiro atoms. The molecule has 1 aromatic rings. The highest BCUT2D eigenvalue weighted by atomic mass is 35.5. The Labute approximate surface area is 121 Å². The minimum Gasteiger partial charge on any atom is -0.481 e. The molecule has 110 valence electrons. The van der Waals surface area contributed by atoms with Gasteiger partial charge in [-0.25, -0.2) is 9.18 Å². The van der Waals surface area contributed by atoms with Crippen molar-refractivity contribution >= 4 is 23.6 Å². The van der Waals surface area contributed by atoms with Crippen LogP contribution in [0.3, 0.4) is 0 Å². The SMILES string of the molecule is CC(C)(NC(=O)NCCC(=O)O)c1cccc(Cl)c1F. The van der Waals surface area contributed by atoms with Crippen LogP contribution in [0, 0.1) is 5.82 Å². The summed E-state index contributed by atoms with van der Waals surface area (Å²) in [7, 11) is 0. The molecule has 0 radical (unpaired) electrons. The minimum absolute atomic E-state index is 0.00469. The fraction of sp³-hybridized carbons (Fsp3) is 0.385. The third-order valence-electron chi connectivity index (χ3n) is 2.68. The zero-order valence-corrected chi connectivity index (χ0v) is 11.9. The van der Waals surface area contributed by atoms with Crippen molar-refractivity contribution in [1.29, 1.82) is 0 Å². The van der Waals surface area contributed by atoms with Crippen molar-refractivity contribution in [2.24, 2.45) is 0 Å². The Morgan fingerprint density at radius 1 is 1.40 bits per heavy atom. The predicted molar refractivity (Wildman–Crippen MR) is 73.2 cm³/mol. The summed E-state index contributed by atoms with van der Waals surface area (Å²) in [6.45, 7) is 3.24. The number of carbonyl (C=O) groups excluding carboxylic acids is 1. The number of halogens is 2. The van der Waals surface area contributed by atoms with E-state index in [-0.39, 0.29) is 23.6 Å². The van der Waals surface area contributed by atoms with Crippen molar-refractivity contribution in [2.75, 3.05) is 6.54 Å². The number of hydrogen-bond donors (Lipinski definition) is 3. The summed E-state index contributed by atoms with van der Waals surface area (Å²) < 4.78 is 13.9. The zero-order chi connectivity index (χ0) is 15.3. The summed E-state index contributed by atoms with van der Waals surface area (Å²) >= 11 is 5.71. The fourth-order valence-electron chi connectivity index (χ4n) is 1.66. The number of rotatable bonds is 5. The number of urea groups is 1. The fourth-order valence-corrected chi connectivity index (χ4v) is 1.84. The summed E-state index contributed by atoms with van der Waals surface area (Å²) in [5.74, 6) is -1.60. The van der Waals surface area contributed by atoms with Gasteiger partial charge in [-0.2, -0.15) is 0 Å². The number of amides is 2. The lowest BCUT2D eigenvalue weighted by Gasteiger charge is -2.27. The highest BCUT2D eigenvalue weighted by Gasteiger charge is 2.27. The van der Waals surface area contributed by atoms with Crippen LogP contribution < -0.4 is 10.6 Å². The lowest BCUT2D eigenvalue weighted by molar-refractivity contribution is -0.136. The van der Waals surface area contributed by atoms with E-state index in [1.54, 1.807) is 19.9 Å². The third-order valence-corrected chi connectivity index (χ3v) is 2.97. The van der Waals surface area contributed by atoms with Gasteiger partial charge in [0.05, 0.1) is 17.0 Å². The van der Waals surface area contributed by atoms with E-state index in [0.29, 0.717) is 0 Å². The molecule has 2 amide bonds. The van der Waals surface area contributed by atoms with Crippen LogP contribution >= 0.6 is 11.6 Å². The Bertz CT molecular complexity index is 520. The average molecular weight is 303 g/mol. The number of hydrogen-bond acceptors (Lipinski definition) is 2. The second-order valence-electron chi connectivity index (χ2n) is 4.75. The first-order valence-electron chi connectivity index (χ1n) is 5.96. The van der Waals surface area contributed by atoms with Crippen LogP contribution in [0.2, 0.25) is 5.02 Å². The summed E-state index contributed by atoms with van der Waals surface area (Å²) in [5, 5.41) is 13.4. The van der Waals surface area contributed by atoms with Crippen LogP contribution in [0.5, 0.6) is 0 Å². The maximum absolute atomic E-state index is 13.9. The summed E-state index contributed by atoms with van der Waals surface area (Å²) in [4.78, 5) is 22.0. The standard InChI is InChI=1S/C13H16ClFN2O3/c1-13(2,8-4-3-5-9(14)11(8)15)17-12(20)16-7-6-10(18)19/h3-5H,6-7H2,1-2H3,(H,18,19)(H2,16,17,20). The average Bonchev–Trinajstić information content (AvgIpc) is 2.31. The Kier molecular flexibility index (Phi) is 5.33. The van der Waals surface area contributed by atoms with E-state index in [0.717, 1.165) is 0 Å². The van der Waals surface area contributed by atoms with Crippen molar-refractivity contribution < 1.29 is 19.1 Å². The van der Waals surface area contributed by atoms with E-state index in [4.69, 9.17) is 16.7 Å². The van der Waals surface area contributed by atoms with Crippen molar-refractivity contribution in [3.8, 4) is 0 Å². The van der Waals surface area contributed by atoms with Gasteiger partial charge in [0.2, 0.25) is 0 Å².